The van der Waals surface area contributed by atoms with Crippen LogP contribution in [0.1, 0.15) is 28.5 Å². The predicted octanol–water partition coefficient (Wildman–Crippen LogP) is 2.71. The highest BCUT2D eigenvalue weighted by molar-refractivity contribution is 6.02. The summed E-state index contributed by atoms with van der Waals surface area (Å²) >= 11 is 0. The molecule has 1 aromatic carbocycles. The van der Waals surface area contributed by atoms with Crippen molar-refractivity contribution in [3.63, 3.8) is 0 Å². The molecule has 1 amide bonds. The van der Waals surface area contributed by atoms with Gasteiger partial charge in [-0.15, -0.1) is 0 Å². The Morgan fingerprint density at radius 1 is 1.17 bits per heavy atom. The highest BCUT2D eigenvalue weighted by Crippen LogP contribution is 2.11. The largest absolute Gasteiger partial charge is 0.318 e. The Morgan fingerprint density at radius 2 is 1.96 bits per heavy atom. The fraction of sp³-hybridized carbons (Fsp3) is 0.235. The molecule has 0 saturated carbocycles. The number of nitrogens with zero attached hydrogens (tertiary/aromatic N) is 4. The lowest BCUT2D eigenvalue weighted by Crippen LogP contribution is -2.17. The summed E-state index contributed by atoms with van der Waals surface area (Å²) in [7, 11) is 0. The average Bonchev–Trinajstić information content (AvgIpc) is 3.18. The van der Waals surface area contributed by atoms with Gasteiger partial charge in [-0.05, 0) is 25.5 Å². The molecule has 6 heteroatoms. The third-order valence-corrected chi connectivity index (χ3v) is 3.60. The van der Waals surface area contributed by atoms with E-state index in [0.29, 0.717) is 24.5 Å². The molecule has 3 aromatic rings. The van der Waals surface area contributed by atoms with E-state index in [4.69, 9.17) is 0 Å². The van der Waals surface area contributed by atoms with Crippen LogP contribution in [0, 0.1) is 6.92 Å². The van der Waals surface area contributed by atoms with E-state index in [2.05, 4.69) is 46.7 Å². The second-order valence-corrected chi connectivity index (χ2v) is 5.40. The Morgan fingerprint density at radius 3 is 2.70 bits per heavy atom. The van der Waals surface area contributed by atoms with E-state index < -0.39 is 0 Å². The van der Waals surface area contributed by atoms with E-state index in [-0.39, 0.29) is 5.91 Å². The van der Waals surface area contributed by atoms with Gasteiger partial charge in [-0.3, -0.25) is 14.2 Å². The first-order valence-electron chi connectivity index (χ1n) is 7.57. The van der Waals surface area contributed by atoms with Crippen molar-refractivity contribution in [2.75, 3.05) is 5.32 Å². The van der Waals surface area contributed by atoms with Crippen molar-refractivity contribution in [1.29, 1.82) is 0 Å². The second-order valence-electron chi connectivity index (χ2n) is 5.40. The van der Waals surface area contributed by atoms with Gasteiger partial charge in [0.25, 0.3) is 5.91 Å². The number of benzene rings is 1. The van der Waals surface area contributed by atoms with Crippen molar-refractivity contribution in [1.82, 2.24) is 19.6 Å². The molecule has 23 heavy (non-hydrogen) atoms. The maximum atomic E-state index is 12.3. The summed E-state index contributed by atoms with van der Waals surface area (Å²) in [6, 6.07) is 10.0. The number of hydrogen-bond acceptors (Lipinski definition) is 3. The molecule has 0 aliphatic heterocycles. The number of hydrogen-bond donors (Lipinski definition) is 1. The van der Waals surface area contributed by atoms with E-state index in [1.54, 1.807) is 27.8 Å². The zero-order valence-corrected chi connectivity index (χ0v) is 13.2. The van der Waals surface area contributed by atoms with Crippen molar-refractivity contribution in [3.05, 3.63) is 65.7 Å². The van der Waals surface area contributed by atoms with Gasteiger partial charge in [-0.2, -0.15) is 10.2 Å². The number of anilines is 1. The number of aryl methyl sites for hydroxylation is 2. The molecular weight excluding hydrogens is 290 g/mol. The van der Waals surface area contributed by atoms with E-state index in [9.17, 15) is 4.79 Å². The van der Waals surface area contributed by atoms with Crippen molar-refractivity contribution < 1.29 is 4.79 Å². The van der Waals surface area contributed by atoms with Crippen molar-refractivity contribution in [2.24, 2.45) is 0 Å². The lowest BCUT2D eigenvalue weighted by molar-refractivity contribution is 0.101. The standard InChI is InChI=1S/C17H19N5O/c1-3-22-16(8-9-18-22)17(23)20-15-10-19-21(12-15)11-14-6-4-13(2)5-7-14/h4-10,12H,3,11H2,1-2H3,(H,20,23). The summed E-state index contributed by atoms with van der Waals surface area (Å²) in [6.07, 6.45) is 5.10. The second kappa shape index (κ2) is 6.48. The molecule has 0 unspecified atom stereocenters. The summed E-state index contributed by atoms with van der Waals surface area (Å²) in [6.45, 7) is 5.33. The van der Waals surface area contributed by atoms with Crippen LogP contribution in [0.3, 0.4) is 0 Å². The smallest absolute Gasteiger partial charge is 0.274 e. The van der Waals surface area contributed by atoms with E-state index in [1.165, 1.54) is 11.1 Å². The lowest BCUT2D eigenvalue weighted by Gasteiger charge is -2.04. The van der Waals surface area contributed by atoms with Crippen molar-refractivity contribution in [3.8, 4) is 0 Å². The molecule has 6 nitrogen and oxygen atoms in total. The average molecular weight is 309 g/mol. The molecule has 0 aliphatic carbocycles. The summed E-state index contributed by atoms with van der Waals surface area (Å²) < 4.78 is 3.46. The minimum absolute atomic E-state index is 0.181. The van der Waals surface area contributed by atoms with Crippen molar-refractivity contribution in [2.45, 2.75) is 26.9 Å². The highest BCUT2D eigenvalue weighted by Gasteiger charge is 2.12. The van der Waals surface area contributed by atoms with Crippen LogP contribution in [0.2, 0.25) is 0 Å². The van der Waals surface area contributed by atoms with Crippen LogP contribution < -0.4 is 5.32 Å². The molecule has 0 atom stereocenters. The van der Waals surface area contributed by atoms with E-state index in [1.807, 2.05) is 13.1 Å². The van der Waals surface area contributed by atoms with E-state index >= 15 is 0 Å². The number of nitrogens with one attached hydrogen (secondary N) is 1. The van der Waals surface area contributed by atoms with Gasteiger partial charge in [0.2, 0.25) is 0 Å². The van der Waals surface area contributed by atoms with Gasteiger partial charge in [-0.25, -0.2) is 0 Å². The fourth-order valence-electron chi connectivity index (χ4n) is 2.37. The third kappa shape index (κ3) is 3.48. The molecule has 0 aliphatic rings. The molecule has 0 spiro atoms. The molecule has 0 fully saturated rings. The van der Waals surface area contributed by atoms with Crippen LogP contribution in [0.4, 0.5) is 5.69 Å². The van der Waals surface area contributed by atoms with Gasteiger partial charge in [0.1, 0.15) is 5.69 Å². The maximum Gasteiger partial charge on any atom is 0.274 e. The lowest BCUT2D eigenvalue weighted by atomic mass is 10.1. The minimum Gasteiger partial charge on any atom is -0.318 e. The number of amides is 1. The molecule has 118 valence electrons. The van der Waals surface area contributed by atoms with Gasteiger partial charge in [-0.1, -0.05) is 29.8 Å². The Bertz CT molecular complexity index is 801. The third-order valence-electron chi connectivity index (χ3n) is 3.60. The molecule has 0 radical (unpaired) electrons. The maximum absolute atomic E-state index is 12.3. The first-order chi connectivity index (χ1) is 11.2. The number of carbonyl (C=O) groups excluding carboxylic acids is 1. The van der Waals surface area contributed by atoms with Crippen LogP contribution in [-0.2, 0) is 13.1 Å². The van der Waals surface area contributed by atoms with E-state index in [0.717, 1.165) is 0 Å². The van der Waals surface area contributed by atoms with Crippen LogP contribution in [-0.4, -0.2) is 25.5 Å². The normalized spacial score (nSPS) is 10.7. The highest BCUT2D eigenvalue weighted by atomic mass is 16.2. The summed E-state index contributed by atoms with van der Waals surface area (Å²) in [5.41, 5.74) is 3.61. The SMILES string of the molecule is CCn1nccc1C(=O)Nc1cnn(Cc2ccc(C)cc2)c1. The Labute approximate surface area is 134 Å². The minimum atomic E-state index is -0.181. The van der Waals surface area contributed by atoms with Crippen molar-refractivity contribution >= 4 is 11.6 Å². The molecule has 2 aromatic heterocycles. The molecule has 3 rings (SSSR count). The summed E-state index contributed by atoms with van der Waals surface area (Å²) in [4.78, 5) is 12.3. The van der Waals surface area contributed by atoms with Crippen LogP contribution >= 0.6 is 0 Å². The van der Waals surface area contributed by atoms with Gasteiger partial charge in [0.05, 0.1) is 18.4 Å². The van der Waals surface area contributed by atoms with Gasteiger partial charge >= 0.3 is 0 Å². The predicted molar refractivity (Wildman–Crippen MR) is 88.4 cm³/mol. The van der Waals surface area contributed by atoms with Gasteiger partial charge in [0.15, 0.2) is 0 Å². The first-order valence-corrected chi connectivity index (χ1v) is 7.57. The first kappa shape index (κ1) is 15.0. The molecule has 1 N–H and O–H groups in total. The number of carbonyl (C=O) groups is 1. The van der Waals surface area contributed by atoms with Crippen LogP contribution in [0.15, 0.2) is 48.9 Å². The van der Waals surface area contributed by atoms with Crippen LogP contribution in [0.25, 0.3) is 0 Å². The molecule has 0 saturated heterocycles. The molecular formula is C17H19N5O. The molecule has 2 heterocycles. The summed E-state index contributed by atoms with van der Waals surface area (Å²) in [5, 5.41) is 11.2. The number of aromatic nitrogens is 4. The Hall–Kier alpha value is -2.89. The topological polar surface area (TPSA) is 64.7 Å². The molecule has 0 bridgehead atoms. The summed E-state index contributed by atoms with van der Waals surface area (Å²) in [5.74, 6) is -0.181. The number of rotatable bonds is 5. The Balaban J connectivity index is 1.67. The zero-order chi connectivity index (χ0) is 16.2. The van der Waals surface area contributed by atoms with Gasteiger partial charge in [0, 0.05) is 18.9 Å². The monoisotopic (exact) mass is 309 g/mol. The Kier molecular flexibility index (Phi) is 4.23. The quantitative estimate of drug-likeness (QED) is 0.788. The fourth-order valence-corrected chi connectivity index (χ4v) is 2.37. The zero-order valence-electron chi connectivity index (χ0n) is 13.2. The van der Waals surface area contributed by atoms with Gasteiger partial charge < -0.3 is 5.32 Å². The van der Waals surface area contributed by atoms with Crippen LogP contribution in [0.5, 0.6) is 0 Å².